The minimum Gasteiger partial charge on any atom is -0.378 e. The Balaban J connectivity index is 2.21. The zero-order chi connectivity index (χ0) is 14.0. The summed E-state index contributed by atoms with van der Waals surface area (Å²) in [7, 11) is 0. The summed E-state index contributed by atoms with van der Waals surface area (Å²) in [5.41, 5.74) is 4.00. The zero-order valence-electron chi connectivity index (χ0n) is 10.2. The molecule has 6 nitrogen and oxygen atoms in total. The van der Waals surface area contributed by atoms with Crippen molar-refractivity contribution in [1.29, 1.82) is 0 Å². The molecule has 102 valence electrons. The molecule has 1 aliphatic heterocycles. The van der Waals surface area contributed by atoms with Gasteiger partial charge in [-0.1, -0.05) is 0 Å². The lowest BCUT2D eigenvalue weighted by Gasteiger charge is -2.37. The van der Waals surface area contributed by atoms with Gasteiger partial charge >= 0.3 is 0 Å². The van der Waals surface area contributed by atoms with Gasteiger partial charge in [0.1, 0.15) is 0 Å². The van der Waals surface area contributed by atoms with Crippen LogP contribution < -0.4 is 5.73 Å². The van der Waals surface area contributed by atoms with Crippen LogP contribution in [0.5, 0.6) is 0 Å². The lowest BCUT2D eigenvalue weighted by atomic mass is 9.92. The van der Waals surface area contributed by atoms with Crippen molar-refractivity contribution in [3.63, 3.8) is 0 Å². The van der Waals surface area contributed by atoms with Gasteiger partial charge in [0.2, 0.25) is 0 Å². The first-order valence-corrected chi connectivity index (χ1v) is 6.64. The maximum absolute atomic E-state index is 12.3. The fraction of sp³-hybridized carbons (Fsp3) is 0.417. The molecule has 1 aromatic rings. The van der Waals surface area contributed by atoms with Gasteiger partial charge in [-0.25, -0.2) is 0 Å². The zero-order valence-corrected chi connectivity index (χ0v) is 11.8. The quantitative estimate of drug-likeness (QED) is 0.816. The molecule has 2 amide bonds. The molecule has 19 heavy (non-hydrogen) atoms. The van der Waals surface area contributed by atoms with E-state index in [1.807, 2.05) is 0 Å². The van der Waals surface area contributed by atoms with E-state index in [0.29, 0.717) is 23.0 Å². The summed E-state index contributed by atoms with van der Waals surface area (Å²) in [4.78, 5) is 28.9. The normalized spacial score (nSPS) is 23.2. The van der Waals surface area contributed by atoms with Gasteiger partial charge in [-0.15, -0.1) is 0 Å². The number of hydrogen-bond donors (Lipinski definition) is 2. The van der Waals surface area contributed by atoms with Crippen LogP contribution in [-0.2, 0) is 4.79 Å². The molecular weight excluding hydrogens is 314 g/mol. The highest BCUT2D eigenvalue weighted by Gasteiger charge is 2.40. The first-order valence-electron chi connectivity index (χ1n) is 5.85. The van der Waals surface area contributed by atoms with Crippen LogP contribution in [0.2, 0.25) is 0 Å². The molecule has 0 aliphatic carbocycles. The molecule has 1 aliphatic rings. The monoisotopic (exact) mass is 327 g/mol. The van der Waals surface area contributed by atoms with Crippen molar-refractivity contribution in [2.75, 3.05) is 13.1 Å². The third-order valence-corrected chi connectivity index (χ3v) is 3.85. The maximum atomic E-state index is 12.3. The molecule has 1 aromatic heterocycles. The van der Waals surface area contributed by atoms with Crippen LogP contribution in [0, 0.1) is 0 Å². The van der Waals surface area contributed by atoms with Crippen LogP contribution in [0.15, 0.2) is 22.9 Å². The number of hydrogen-bond acceptors (Lipinski definition) is 4. The minimum absolute atomic E-state index is 0.0735. The Morgan fingerprint density at radius 2 is 2.26 bits per heavy atom. The van der Waals surface area contributed by atoms with Crippen LogP contribution in [0.1, 0.15) is 23.2 Å². The summed E-state index contributed by atoms with van der Waals surface area (Å²) in [6.45, 7) is 0.416. The Labute approximate surface area is 118 Å². The first kappa shape index (κ1) is 14.0. The van der Waals surface area contributed by atoms with Gasteiger partial charge in [0.15, 0.2) is 5.60 Å². The van der Waals surface area contributed by atoms with Crippen LogP contribution in [0.4, 0.5) is 0 Å². The van der Waals surface area contributed by atoms with Crippen LogP contribution in [0.25, 0.3) is 0 Å². The number of aromatic nitrogens is 1. The average Bonchev–Trinajstić information content (AvgIpc) is 2.38. The van der Waals surface area contributed by atoms with Gasteiger partial charge in [0.05, 0.1) is 12.1 Å². The number of rotatable bonds is 2. The Morgan fingerprint density at radius 1 is 1.53 bits per heavy atom. The number of β-amino-alcohol motifs (C(OH)–C–C–N with tert-alkyl or cyclic N) is 1. The van der Waals surface area contributed by atoms with Crippen LogP contribution in [-0.4, -0.2) is 45.5 Å². The predicted octanol–water partition coefficient (Wildman–Crippen LogP) is 0.297. The smallest absolute Gasteiger partial charge is 0.255 e. The highest BCUT2D eigenvalue weighted by molar-refractivity contribution is 9.10. The molecule has 3 N–H and O–H groups in total. The average molecular weight is 328 g/mol. The minimum atomic E-state index is -1.63. The maximum Gasteiger partial charge on any atom is 0.255 e. The Morgan fingerprint density at radius 3 is 2.89 bits per heavy atom. The fourth-order valence-corrected chi connectivity index (χ4v) is 2.55. The van der Waals surface area contributed by atoms with Crippen molar-refractivity contribution in [3.05, 3.63) is 28.5 Å². The number of amides is 2. The highest BCUT2D eigenvalue weighted by atomic mass is 79.9. The summed E-state index contributed by atoms with van der Waals surface area (Å²) >= 11 is 3.26. The largest absolute Gasteiger partial charge is 0.378 e. The van der Waals surface area contributed by atoms with E-state index < -0.39 is 11.5 Å². The lowest BCUT2D eigenvalue weighted by Crippen LogP contribution is -2.57. The van der Waals surface area contributed by atoms with Crippen molar-refractivity contribution in [2.45, 2.75) is 18.4 Å². The molecule has 0 spiro atoms. The highest BCUT2D eigenvalue weighted by Crippen LogP contribution is 2.24. The molecule has 7 heteroatoms. The van der Waals surface area contributed by atoms with Gasteiger partial charge < -0.3 is 15.7 Å². The van der Waals surface area contributed by atoms with E-state index in [2.05, 4.69) is 20.9 Å². The molecular formula is C12H14BrN3O3. The molecule has 1 fully saturated rings. The summed E-state index contributed by atoms with van der Waals surface area (Å²) < 4.78 is 0.577. The van der Waals surface area contributed by atoms with E-state index in [1.165, 1.54) is 17.3 Å². The third kappa shape index (κ3) is 2.76. The molecule has 2 heterocycles. The van der Waals surface area contributed by atoms with E-state index in [1.54, 1.807) is 6.07 Å². The summed E-state index contributed by atoms with van der Waals surface area (Å²) in [6, 6.07) is 1.59. The Bertz CT molecular complexity index is 523. The van der Waals surface area contributed by atoms with Gasteiger partial charge in [-0.2, -0.15) is 0 Å². The number of piperidine rings is 1. The number of likely N-dealkylation sites (tertiary alicyclic amines) is 1. The second kappa shape index (κ2) is 5.26. The summed E-state index contributed by atoms with van der Waals surface area (Å²) in [5, 5.41) is 10.1. The second-order valence-electron chi connectivity index (χ2n) is 4.58. The molecule has 0 radical (unpaired) electrons. The molecule has 0 unspecified atom stereocenters. The second-order valence-corrected chi connectivity index (χ2v) is 5.44. The standard InChI is InChI=1S/C12H14BrN3O3/c13-9-6-15-4-2-8(9)10(17)16-5-1-3-12(19,7-16)11(14)18/h2,4,6,19H,1,3,5,7H2,(H2,14,18)/t12-/m0/s1. The number of nitrogens with two attached hydrogens (primary N) is 1. The Hall–Kier alpha value is -1.47. The van der Waals surface area contributed by atoms with Gasteiger partial charge in [0.25, 0.3) is 11.8 Å². The van der Waals surface area contributed by atoms with Gasteiger partial charge in [0, 0.05) is 23.4 Å². The number of carbonyl (C=O) groups is 2. The lowest BCUT2D eigenvalue weighted by molar-refractivity contribution is -0.140. The van der Waals surface area contributed by atoms with Crippen LogP contribution in [0.3, 0.4) is 0 Å². The topological polar surface area (TPSA) is 96.5 Å². The summed E-state index contributed by atoms with van der Waals surface area (Å²) in [5.74, 6) is -1.05. The SMILES string of the molecule is NC(=O)[C@]1(O)CCCN(C(=O)c2ccncc2Br)C1. The van der Waals surface area contributed by atoms with Crippen molar-refractivity contribution in [3.8, 4) is 0 Å². The molecule has 2 rings (SSSR count). The van der Waals surface area contributed by atoms with Crippen molar-refractivity contribution >= 4 is 27.7 Å². The molecule has 0 aromatic carbocycles. The Kier molecular flexibility index (Phi) is 3.86. The van der Waals surface area contributed by atoms with E-state index in [0.717, 1.165) is 0 Å². The number of aliphatic hydroxyl groups is 1. The van der Waals surface area contributed by atoms with Crippen molar-refractivity contribution in [1.82, 2.24) is 9.88 Å². The van der Waals surface area contributed by atoms with E-state index >= 15 is 0 Å². The van der Waals surface area contributed by atoms with Gasteiger partial charge in [-0.05, 0) is 34.8 Å². The molecule has 1 atom stereocenters. The van der Waals surface area contributed by atoms with E-state index in [9.17, 15) is 14.7 Å². The number of carbonyl (C=O) groups excluding carboxylic acids is 2. The number of pyridine rings is 1. The van der Waals surface area contributed by atoms with Crippen LogP contribution >= 0.6 is 15.9 Å². The predicted molar refractivity (Wildman–Crippen MR) is 71.2 cm³/mol. The third-order valence-electron chi connectivity index (χ3n) is 3.22. The first-order chi connectivity index (χ1) is 8.94. The van der Waals surface area contributed by atoms with Crippen molar-refractivity contribution in [2.24, 2.45) is 5.73 Å². The number of halogens is 1. The molecule has 0 saturated carbocycles. The summed E-state index contributed by atoms with van der Waals surface area (Å²) in [6.07, 6.45) is 3.86. The fourth-order valence-electron chi connectivity index (χ4n) is 2.13. The van der Waals surface area contributed by atoms with E-state index in [4.69, 9.17) is 5.73 Å². The molecule has 0 bridgehead atoms. The number of primary amides is 1. The number of nitrogens with zero attached hydrogens (tertiary/aromatic N) is 2. The van der Waals surface area contributed by atoms with Gasteiger partial charge in [-0.3, -0.25) is 14.6 Å². The molecule has 1 saturated heterocycles. The van der Waals surface area contributed by atoms with E-state index in [-0.39, 0.29) is 18.9 Å². The van der Waals surface area contributed by atoms with Crippen molar-refractivity contribution < 1.29 is 14.7 Å².